The number of hydrogen-bond donors (Lipinski definition) is 1. The number of thiophene rings is 1. The van der Waals surface area contributed by atoms with E-state index < -0.39 is 10.0 Å². The molecule has 0 saturated carbocycles. The quantitative estimate of drug-likeness (QED) is 0.678. The molecule has 1 aromatic carbocycles. The second kappa shape index (κ2) is 8.66. The van der Waals surface area contributed by atoms with Crippen LogP contribution < -0.4 is 5.32 Å². The summed E-state index contributed by atoms with van der Waals surface area (Å²) in [4.78, 5) is 13.3. The first-order valence-corrected chi connectivity index (χ1v) is 11.3. The third kappa shape index (κ3) is 5.05. The van der Waals surface area contributed by atoms with Crippen molar-refractivity contribution in [3.63, 3.8) is 0 Å². The molecule has 0 radical (unpaired) electrons. The Morgan fingerprint density at radius 3 is 2.67 bits per heavy atom. The molecule has 1 aromatic heterocycles. The number of nitrogens with one attached hydrogen (secondary N) is 1. The lowest BCUT2D eigenvalue weighted by Gasteiger charge is -2.26. The van der Waals surface area contributed by atoms with Gasteiger partial charge in [-0.05, 0) is 58.8 Å². The molecule has 0 aliphatic carbocycles. The SMILES string of the molecule is Cc1ccc(S(=O)(=O)N2CCOCC2)cc1NC(=O)/C=C/c1ccc(Br)s1. The maximum absolute atomic E-state index is 12.8. The van der Waals surface area contributed by atoms with E-state index in [2.05, 4.69) is 21.2 Å². The number of hydrogen-bond acceptors (Lipinski definition) is 5. The molecule has 1 N–H and O–H groups in total. The van der Waals surface area contributed by atoms with Crippen molar-refractivity contribution in [1.29, 1.82) is 0 Å². The number of morpholine rings is 1. The second-order valence-corrected chi connectivity index (χ2v) is 10.4. The van der Waals surface area contributed by atoms with Gasteiger partial charge in [0.25, 0.3) is 0 Å². The van der Waals surface area contributed by atoms with Gasteiger partial charge in [-0.1, -0.05) is 6.07 Å². The van der Waals surface area contributed by atoms with E-state index in [1.807, 2.05) is 19.1 Å². The topological polar surface area (TPSA) is 75.7 Å². The minimum atomic E-state index is -3.61. The van der Waals surface area contributed by atoms with Crippen molar-refractivity contribution in [2.75, 3.05) is 31.6 Å². The summed E-state index contributed by atoms with van der Waals surface area (Å²) >= 11 is 4.89. The van der Waals surface area contributed by atoms with Gasteiger partial charge in [0.2, 0.25) is 15.9 Å². The molecular weight excluding hydrogens is 452 g/mol. The van der Waals surface area contributed by atoms with E-state index in [0.717, 1.165) is 14.2 Å². The number of nitrogens with zero attached hydrogens (tertiary/aromatic N) is 1. The summed E-state index contributed by atoms with van der Waals surface area (Å²) in [5.74, 6) is -0.316. The number of carbonyl (C=O) groups excluding carboxylic acids is 1. The number of ether oxygens (including phenoxy) is 1. The molecule has 1 saturated heterocycles. The van der Waals surface area contributed by atoms with Gasteiger partial charge in [0.05, 0.1) is 21.9 Å². The van der Waals surface area contributed by atoms with Crippen LogP contribution in [-0.2, 0) is 19.6 Å². The van der Waals surface area contributed by atoms with Gasteiger partial charge in [0.1, 0.15) is 0 Å². The molecule has 0 atom stereocenters. The van der Waals surface area contributed by atoms with Crippen molar-refractivity contribution in [2.24, 2.45) is 0 Å². The van der Waals surface area contributed by atoms with E-state index in [0.29, 0.717) is 32.0 Å². The van der Waals surface area contributed by atoms with Crippen molar-refractivity contribution < 1.29 is 17.9 Å². The Kier molecular flexibility index (Phi) is 6.48. The molecule has 2 heterocycles. The summed E-state index contributed by atoms with van der Waals surface area (Å²) in [6, 6.07) is 8.58. The average molecular weight is 471 g/mol. The predicted octanol–water partition coefficient (Wildman–Crippen LogP) is 3.49. The number of carbonyl (C=O) groups is 1. The monoisotopic (exact) mass is 470 g/mol. The Balaban J connectivity index is 1.76. The minimum absolute atomic E-state index is 0.163. The molecule has 2 aromatic rings. The number of benzene rings is 1. The lowest BCUT2D eigenvalue weighted by atomic mass is 10.2. The number of halogens is 1. The van der Waals surface area contributed by atoms with Crippen molar-refractivity contribution in [2.45, 2.75) is 11.8 Å². The van der Waals surface area contributed by atoms with Gasteiger partial charge in [-0.25, -0.2) is 8.42 Å². The molecule has 1 fully saturated rings. The summed E-state index contributed by atoms with van der Waals surface area (Å²) in [5.41, 5.74) is 1.27. The van der Waals surface area contributed by atoms with Gasteiger partial charge in [0, 0.05) is 29.7 Å². The zero-order chi connectivity index (χ0) is 19.4. The van der Waals surface area contributed by atoms with Crippen LogP contribution in [0.25, 0.3) is 6.08 Å². The van der Waals surface area contributed by atoms with Crippen molar-refractivity contribution >= 4 is 55.0 Å². The minimum Gasteiger partial charge on any atom is -0.379 e. The van der Waals surface area contributed by atoms with Gasteiger partial charge in [-0.3, -0.25) is 4.79 Å². The molecule has 3 rings (SSSR count). The Morgan fingerprint density at radius 1 is 1.26 bits per heavy atom. The molecule has 1 amide bonds. The number of amides is 1. The average Bonchev–Trinajstić information content (AvgIpc) is 3.08. The van der Waals surface area contributed by atoms with Crippen LogP contribution in [0.4, 0.5) is 5.69 Å². The van der Waals surface area contributed by atoms with E-state index in [4.69, 9.17) is 4.74 Å². The number of anilines is 1. The largest absolute Gasteiger partial charge is 0.379 e. The number of sulfonamides is 1. The molecule has 144 valence electrons. The summed E-state index contributed by atoms with van der Waals surface area (Å²) in [6.45, 7) is 3.26. The Bertz CT molecular complexity index is 963. The highest BCUT2D eigenvalue weighted by molar-refractivity contribution is 9.11. The van der Waals surface area contributed by atoms with Crippen LogP contribution >= 0.6 is 27.3 Å². The molecule has 0 unspecified atom stereocenters. The number of aryl methyl sites for hydroxylation is 1. The van der Waals surface area contributed by atoms with Crippen LogP contribution in [0.15, 0.2) is 45.1 Å². The van der Waals surface area contributed by atoms with Crippen LogP contribution in [0.1, 0.15) is 10.4 Å². The van der Waals surface area contributed by atoms with E-state index in [-0.39, 0.29) is 10.8 Å². The highest BCUT2D eigenvalue weighted by Crippen LogP contribution is 2.25. The summed E-state index contributed by atoms with van der Waals surface area (Å²) < 4.78 is 33.2. The van der Waals surface area contributed by atoms with Crippen LogP contribution in [0, 0.1) is 6.92 Å². The summed E-state index contributed by atoms with van der Waals surface area (Å²) in [7, 11) is -3.61. The fourth-order valence-corrected chi connectivity index (χ4v) is 5.34. The zero-order valence-corrected chi connectivity index (χ0v) is 17.9. The molecule has 6 nitrogen and oxygen atoms in total. The zero-order valence-electron chi connectivity index (χ0n) is 14.6. The Labute approximate surface area is 171 Å². The van der Waals surface area contributed by atoms with E-state index >= 15 is 0 Å². The molecular formula is C18H19BrN2O4S2. The van der Waals surface area contributed by atoms with Crippen molar-refractivity contribution in [3.05, 3.63) is 50.6 Å². The Morgan fingerprint density at radius 2 is 2.00 bits per heavy atom. The first-order valence-electron chi connectivity index (χ1n) is 8.29. The first kappa shape index (κ1) is 20.2. The predicted molar refractivity (Wildman–Crippen MR) is 110 cm³/mol. The Hall–Kier alpha value is -1.52. The highest BCUT2D eigenvalue weighted by Gasteiger charge is 2.26. The van der Waals surface area contributed by atoms with Gasteiger partial charge < -0.3 is 10.1 Å². The standard InChI is InChI=1S/C18H19BrN2O4S2/c1-13-2-5-15(27(23,24)21-8-10-25-11-9-21)12-16(13)20-18(22)7-4-14-3-6-17(19)26-14/h2-7,12H,8-11H2,1H3,(H,20,22)/b7-4+. The fraction of sp³-hybridized carbons (Fsp3) is 0.278. The molecule has 1 aliphatic heterocycles. The van der Waals surface area contributed by atoms with E-state index in [1.165, 1.54) is 27.8 Å². The third-order valence-electron chi connectivity index (χ3n) is 4.07. The second-order valence-electron chi connectivity index (χ2n) is 5.96. The van der Waals surface area contributed by atoms with E-state index in [1.54, 1.807) is 18.2 Å². The highest BCUT2D eigenvalue weighted by atomic mass is 79.9. The van der Waals surface area contributed by atoms with Gasteiger partial charge in [-0.15, -0.1) is 11.3 Å². The van der Waals surface area contributed by atoms with Crippen LogP contribution in [0.3, 0.4) is 0 Å². The van der Waals surface area contributed by atoms with E-state index in [9.17, 15) is 13.2 Å². The number of rotatable bonds is 5. The first-order chi connectivity index (χ1) is 12.9. The molecule has 0 spiro atoms. The maximum atomic E-state index is 12.8. The molecule has 27 heavy (non-hydrogen) atoms. The van der Waals surface area contributed by atoms with Crippen molar-refractivity contribution in [1.82, 2.24) is 4.31 Å². The summed E-state index contributed by atoms with van der Waals surface area (Å²) in [5, 5.41) is 2.76. The van der Waals surface area contributed by atoms with Gasteiger partial charge >= 0.3 is 0 Å². The molecule has 9 heteroatoms. The lowest BCUT2D eigenvalue weighted by molar-refractivity contribution is -0.111. The lowest BCUT2D eigenvalue weighted by Crippen LogP contribution is -2.40. The summed E-state index contributed by atoms with van der Waals surface area (Å²) in [6.07, 6.45) is 3.15. The van der Waals surface area contributed by atoms with Gasteiger partial charge in [-0.2, -0.15) is 4.31 Å². The van der Waals surface area contributed by atoms with Crippen LogP contribution in [-0.4, -0.2) is 44.9 Å². The fourth-order valence-electron chi connectivity index (χ4n) is 2.58. The smallest absolute Gasteiger partial charge is 0.248 e. The third-order valence-corrected chi connectivity index (χ3v) is 7.55. The van der Waals surface area contributed by atoms with Crippen LogP contribution in [0.5, 0.6) is 0 Å². The normalized spacial score (nSPS) is 15.9. The van der Waals surface area contributed by atoms with Crippen LogP contribution in [0.2, 0.25) is 0 Å². The maximum Gasteiger partial charge on any atom is 0.248 e. The molecule has 1 aliphatic rings. The van der Waals surface area contributed by atoms with Crippen molar-refractivity contribution in [3.8, 4) is 0 Å². The van der Waals surface area contributed by atoms with Gasteiger partial charge in [0.15, 0.2) is 0 Å². The molecule has 0 bridgehead atoms.